The second-order valence-electron chi connectivity index (χ2n) is 5.54. The van der Waals surface area contributed by atoms with Crippen LogP contribution in [0.4, 0.5) is 0 Å². The third kappa shape index (κ3) is 2.47. The lowest BCUT2D eigenvalue weighted by atomic mass is 10.0. The molecule has 0 aliphatic heterocycles. The zero-order valence-electron chi connectivity index (χ0n) is 12.6. The number of rotatable bonds is 3. The van der Waals surface area contributed by atoms with Crippen LogP contribution in [0.25, 0.3) is 11.0 Å². The molecule has 0 N–H and O–H groups in total. The standard InChI is InChI=1S/C18H18N2O/c1-12-6-4-5-7-15(12)18(21)10-20-11-19-16-8-13(2)14(3)9-17(16)20/h4-9,11H,10H2,1-3H3. The maximum atomic E-state index is 12.5. The zero-order valence-corrected chi connectivity index (χ0v) is 12.6. The van der Waals surface area contributed by atoms with Crippen molar-refractivity contribution in [2.75, 3.05) is 0 Å². The first kappa shape index (κ1) is 13.6. The van der Waals surface area contributed by atoms with E-state index in [2.05, 4.69) is 31.0 Å². The molecule has 3 nitrogen and oxygen atoms in total. The minimum absolute atomic E-state index is 0.116. The number of ketones is 1. The monoisotopic (exact) mass is 278 g/mol. The van der Waals surface area contributed by atoms with Crippen LogP contribution < -0.4 is 0 Å². The summed E-state index contributed by atoms with van der Waals surface area (Å²) in [4.78, 5) is 16.9. The summed E-state index contributed by atoms with van der Waals surface area (Å²) in [7, 11) is 0. The first-order valence-corrected chi connectivity index (χ1v) is 7.07. The largest absolute Gasteiger partial charge is 0.323 e. The second-order valence-corrected chi connectivity index (χ2v) is 5.54. The molecular formula is C18H18N2O. The van der Waals surface area contributed by atoms with E-state index in [0.717, 1.165) is 22.2 Å². The van der Waals surface area contributed by atoms with Crippen LogP contribution in [0.15, 0.2) is 42.7 Å². The molecule has 3 aromatic rings. The number of hydrogen-bond acceptors (Lipinski definition) is 2. The summed E-state index contributed by atoms with van der Waals surface area (Å²) < 4.78 is 1.93. The Bertz CT molecular complexity index is 830. The van der Waals surface area contributed by atoms with Crippen LogP contribution in [0.3, 0.4) is 0 Å². The predicted molar refractivity (Wildman–Crippen MR) is 84.7 cm³/mol. The number of carbonyl (C=O) groups excluding carboxylic acids is 1. The molecule has 0 atom stereocenters. The van der Waals surface area contributed by atoms with Gasteiger partial charge in [-0.25, -0.2) is 4.98 Å². The highest BCUT2D eigenvalue weighted by Gasteiger charge is 2.12. The van der Waals surface area contributed by atoms with Gasteiger partial charge in [-0.15, -0.1) is 0 Å². The van der Waals surface area contributed by atoms with Crippen molar-refractivity contribution in [1.82, 2.24) is 9.55 Å². The first-order valence-electron chi connectivity index (χ1n) is 7.07. The van der Waals surface area contributed by atoms with Gasteiger partial charge in [0.1, 0.15) is 0 Å². The van der Waals surface area contributed by atoms with E-state index >= 15 is 0 Å². The van der Waals surface area contributed by atoms with Crippen LogP contribution in [-0.2, 0) is 6.54 Å². The Labute approximate surface area is 124 Å². The molecule has 21 heavy (non-hydrogen) atoms. The fourth-order valence-electron chi connectivity index (χ4n) is 2.56. The van der Waals surface area contributed by atoms with Gasteiger partial charge in [0.25, 0.3) is 0 Å². The van der Waals surface area contributed by atoms with E-state index in [9.17, 15) is 4.79 Å². The van der Waals surface area contributed by atoms with E-state index in [4.69, 9.17) is 0 Å². The number of aryl methyl sites for hydroxylation is 3. The molecule has 0 saturated carbocycles. The highest BCUT2D eigenvalue weighted by atomic mass is 16.1. The third-order valence-electron chi connectivity index (χ3n) is 4.00. The molecule has 0 radical (unpaired) electrons. The summed E-state index contributed by atoms with van der Waals surface area (Å²) in [6.07, 6.45) is 1.75. The third-order valence-corrected chi connectivity index (χ3v) is 4.00. The topological polar surface area (TPSA) is 34.9 Å². The number of fused-ring (bicyclic) bond motifs is 1. The number of Topliss-reactive ketones (excluding diaryl/α,β-unsaturated/α-hetero) is 1. The number of hydrogen-bond donors (Lipinski definition) is 0. The molecule has 3 rings (SSSR count). The van der Waals surface area contributed by atoms with Crippen molar-refractivity contribution in [3.63, 3.8) is 0 Å². The molecule has 1 aromatic heterocycles. The lowest BCUT2D eigenvalue weighted by Gasteiger charge is -2.07. The van der Waals surface area contributed by atoms with Gasteiger partial charge in [0.15, 0.2) is 5.78 Å². The van der Waals surface area contributed by atoms with Gasteiger partial charge in [0, 0.05) is 5.56 Å². The van der Waals surface area contributed by atoms with E-state index in [0.29, 0.717) is 6.54 Å². The Kier molecular flexibility index (Phi) is 3.34. The number of carbonyl (C=O) groups is 1. The van der Waals surface area contributed by atoms with Gasteiger partial charge in [-0.1, -0.05) is 24.3 Å². The van der Waals surface area contributed by atoms with Crippen molar-refractivity contribution in [2.45, 2.75) is 27.3 Å². The van der Waals surface area contributed by atoms with E-state index in [1.807, 2.05) is 35.8 Å². The molecule has 0 saturated heterocycles. The first-order chi connectivity index (χ1) is 10.1. The SMILES string of the molecule is Cc1cc2ncn(CC(=O)c3ccccc3C)c2cc1C. The molecule has 0 amide bonds. The maximum absolute atomic E-state index is 12.5. The van der Waals surface area contributed by atoms with Crippen LogP contribution >= 0.6 is 0 Å². The number of imidazole rings is 1. The molecule has 0 unspecified atom stereocenters. The Balaban J connectivity index is 1.97. The summed E-state index contributed by atoms with van der Waals surface area (Å²) in [6, 6.07) is 11.9. The van der Waals surface area contributed by atoms with Gasteiger partial charge >= 0.3 is 0 Å². The highest BCUT2D eigenvalue weighted by Crippen LogP contribution is 2.19. The van der Waals surface area contributed by atoms with Crippen molar-refractivity contribution >= 4 is 16.8 Å². The minimum atomic E-state index is 0.116. The number of aromatic nitrogens is 2. The molecule has 1 heterocycles. The summed E-state index contributed by atoms with van der Waals surface area (Å²) >= 11 is 0. The quantitative estimate of drug-likeness (QED) is 0.682. The van der Waals surface area contributed by atoms with Crippen molar-refractivity contribution in [2.24, 2.45) is 0 Å². The van der Waals surface area contributed by atoms with Crippen molar-refractivity contribution < 1.29 is 4.79 Å². The predicted octanol–water partition coefficient (Wildman–Crippen LogP) is 3.84. The van der Waals surface area contributed by atoms with E-state index in [1.165, 1.54) is 11.1 Å². The fraction of sp³-hybridized carbons (Fsp3) is 0.222. The smallest absolute Gasteiger partial charge is 0.182 e. The summed E-state index contributed by atoms with van der Waals surface area (Å²) in [5.74, 6) is 0.116. The molecule has 2 aromatic carbocycles. The maximum Gasteiger partial charge on any atom is 0.182 e. The van der Waals surface area contributed by atoms with Crippen LogP contribution in [-0.4, -0.2) is 15.3 Å². The van der Waals surface area contributed by atoms with Crippen LogP contribution in [0.2, 0.25) is 0 Å². The molecule has 0 fully saturated rings. The Morgan fingerprint density at radius 2 is 1.76 bits per heavy atom. The second kappa shape index (κ2) is 5.17. The Morgan fingerprint density at radius 1 is 1.05 bits per heavy atom. The number of nitrogens with zero attached hydrogens (tertiary/aromatic N) is 2. The average Bonchev–Trinajstić information content (AvgIpc) is 2.82. The highest BCUT2D eigenvalue weighted by molar-refractivity contribution is 5.98. The molecule has 0 aliphatic carbocycles. The van der Waals surface area contributed by atoms with Crippen LogP contribution in [0, 0.1) is 20.8 Å². The van der Waals surface area contributed by atoms with Gasteiger partial charge in [0.2, 0.25) is 0 Å². The lowest BCUT2D eigenvalue weighted by molar-refractivity contribution is 0.0973. The van der Waals surface area contributed by atoms with Gasteiger partial charge in [-0.05, 0) is 49.6 Å². The van der Waals surface area contributed by atoms with Gasteiger partial charge in [-0.2, -0.15) is 0 Å². The van der Waals surface area contributed by atoms with Crippen molar-refractivity contribution in [3.8, 4) is 0 Å². The van der Waals surface area contributed by atoms with Crippen molar-refractivity contribution in [3.05, 3.63) is 65.0 Å². The van der Waals surface area contributed by atoms with Gasteiger partial charge in [0.05, 0.1) is 23.9 Å². The molecule has 106 valence electrons. The van der Waals surface area contributed by atoms with Crippen LogP contribution in [0.5, 0.6) is 0 Å². The van der Waals surface area contributed by atoms with E-state index in [-0.39, 0.29) is 5.78 Å². The molecule has 0 aliphatic rings. The lowest BCUT2D eigenvalue weighted by Crippen LogP contribution is -2.11. The van der Waals surface area contributed by atoms with Crippen molar-refractivity contribution in [1.29, 1.82) is 0 Å². The van der Waals surface area contributed by atoms with Crippen LogP contribution in [0.1, 0.15) is 27.0 Å². The summed E-state index contributed by atoms with van der Waals surface area (Å²) in [6.45, 7) is 6.44. The fourth-order valence-corrected chi connectivity index (χ4v) is 2.56. The summed E-state index contributed by atoms with van der Waals surface area (Å²) in [5.41, 5.74) is 6.18. The Hall–Kier alpha value is -2.42. The Morgan fingerprint density at radius 3 is 2.52 bits per heavy atom. The van der Waals surface area contributed by atoms with Gasteiger partial charge < -0.3 is 4.57 Å². The van der Waals surface area contributed by atoms with E-state index < -0.39 is 0 Å². The van der Waals surface area contributed by atoms with Gasteiger partial charge in [-0.3, -0.25) is 4.79 Å². The average molecular weight is 278 g/mol. The molecule has 0 bridgehead atoms. The molecule has 0 spiro atoms. The molecular weight excluding hydrogens is 260 g/mol. The van der Waals surface area contributed by atoms with E-state index in [1.54, 1.807) is 6.33 Å². The summed E-state index contributed by atoms with van der Waals surface area (Å²) in [5, 5.41) is 0. The normalized spacial score (nSPS) is 11.0. The molecule has 3 heteroatoms. The minimum Gasteiger partial charge on any atom is -0.323 e. The zero-order chi connectivity index (χ0) is 15.0. The number of benzene rings is 2.